The Bertz CT molecular complexity index is 528. The van der Waals surface area contributed by atoms with Crippen LogP contribution in [0, 0.1) is 0 Å². The molecule has 0 bridgehead atoms. The van der Waals surface area contributed by atoms with Crippen LogP contribution in [0.4, 0.5) is 5.69 Å². The second-order valence-corrected chi connectivity index (χ2v) is 6.10. The van der Waals surface area contributed by atoms with Gasteiger partial charge in [-0.1, -0.05) is 13.8 Å². The third kappa shape index (κ3) is 4.36. The van der Waals surface area contributed by atoms with Gasteiger partial charge < -0.3 is 15.4 Å². The normalized spacial score (nSPS) is 11.8. The van der Waals surface area contributed by atoms with Gasteiger partial charge in [-0.3, -0.25) is 0 Å². The molecule has 0 unspecified atom stereocenters. The Morgan fingerprint density at radius 3 is 2.45 bits per heavy atom. The molecule has 1 rings (SSSR count). The zero-order valence-corrected chi connectivity index (χ0v) is 13.0. The highest BCUT2D eigenvalue weighted by molar-refractivity contribution is 7.89. The average Bonchev–Trinajstić information content (AvgIpc) is 2.43. The lowest BCUT2D eigenvalue weighted by Gasteiger charge is -2.18. The number of methoxy groups -OCH3 is 1. The molecular weight excluding hydrogens is 278 g/mol. The van der Waals surface area contributed by atoms with Crippen molar-refractivity contribution >= 4 is 15.7 Å². The number of anilines is 1. The van der Waals surface area contributed by atoms with E-state index in [1.54, 1.807) is 6.07 Å². The molecule has 0 fully saturated rings. The largest absolute Gasteiger partial charge is 0.495 e. The van der Waals surface area contributed by atoms with Gasteiger partial charge >= 0.3 is 0 Å². The Morgan fingerprint density at radius 1 is 1.30 bits per heavy atom. The summed E-state index contributed by atoms with van der Waals surface area (Å²) in [5.74, 6) is 0.465. The lowest BCUT2D eigenvalue weighted by atomic mass is 10.3. The highest BCUT2D eigenvalue weighted by Crippen LogP contribution is 2.24. The third-order valence-corrected chi connectivity index (χ3v) is 4.58. The van der Waals surface area contributed by atoms with Crippen molar-refractivity contribution in [3.05, 3.63) is 18.2 Å². The van der Waals surface area contributed by atoms with Crippen molar-refractivity contribution in [3.63, 3.8) is 0 Å². The summed E-state index contributed by atoms with van der Waals surface area (Å²) in [7, 11) is -2.04. The summed E-state index contributed by atoms with van der Waals surface area (Å²) >= 11 is 0. The van der Waals surface area contributed by atoms with E-state index >= 15 is 0 Å². The molecule has 1 aromatic carbocycles. The number of rotatable bonds is 8. The summed E-state index contributed by atoms with van der Waals surface area (Å²) in [5, 5.41) is 0. The van der Waals surface area contributed by atoms with Crippen LogP contribution in [0.15, 0.2) is 23.1 Å². The van der Waals surface area contributed by atoms with E-state index in [0.717, 1.165) is 13.1 Å². The van der Waals surface area contributed by atoms with Gasteiger partial charge in [0, 0.05) is 13.1 Å². The molecule has 7 heteroatoms. The molecule has 0 aliphatic carbocycles. The molecule has 0 atom stereocenters. The summed E-state index contributed by atoms with van der Waals surface area (Å²) in [4.78, 5) is 2.29. The van der Waals surface area contributed by atoms with E-state index in [0.29, 0.717) is 24.5 Å². The van der Waals surface area contributed by atoms with E-state index in [4.69, 9.17) is 10.5 Å². The number of nitrogens with zero attached hydrogens (tertiary/aromatic N) is 1. The summed E-state index contributed by atoms with van der Waals surface area (Å²) in [6.07, 6.45) is 0. The van der Waals surface area contributed by atoms with Crippen LogP contribution in [0.25, 0.3) is 0 Å². The molecule has 114 valence electrons. The molecule has 20 heavy (non-hydrogen) atoms. The predicted octanol–water partition coefficient (Wildman–Crippen LogP) is 0.897. The molecule has 0 radical (unpaired) electrons. The van der Waals surface area contributed by atoms with Gasteiger partial charge in [0.25, 0.3) is 0 Å². The first kappa shape index (κ1) is 16.7. The molecule has 0 aliphatic rings. The average molecular weight is 301 g/mol. The van der Waals surface area contributed by atoms with Crippen LogP contribution >= 0.6 is 0 Å². The number of nitrogens with one attached hydrogen (secondary N) is 1. The fourth-order valence-electron chi connectivity index (χ4n) is 1.84. The minimum Gasteiger partial charge on any atom is -0.495 e. The number of likely N-dealkylation sites (N-methyl/N-ethyl adjacent to an activating group) is 1. The number of hydrogen-bond donors (Lipinski definition) is 2. The predicted molar refractivity (Wildman–Crippen MR) is 80.4 cm³/mol. The quantitative estimate of drug-likeness (QED) is 0.697. The first-order chi connectivity index (χ1) is 9.44. The second kappa shape index (κ2) is 7.47. The monoisotopic (exact) mass is 301 g/mol. The highest BCUT2D eigenvalue weighted by Gasteiger charge is 2.15. The van der Waals surface area contributed by atoms with Crippen LogP contribution in [0.2, 0.25) is 0 Å². The van der Waals surface area contributed by atoms with Crippen LogP contribution < -0.4 is 15.2 Å². The van der Waals surface area contributed by atoms with Crippen LogP contribution in [0.5, 0.6) is 5.75 Å². The van der Waals surface area contributed by atoms with Gasteiger partial charge in [-0.25, -0.2) is 13.1 Å². The second-order valence-electron chi connectivity index (χ2n) is 4.33. The Hall–Kier alpha value is -1.31. The fourth-order valence-corrected chi connectivity index (χ4v) is 2.90. The van der Waals surface area contributed by atoms with Gasteiger partial charge in [-0.2, -0.15) is 0 Å². The molecule has 0 saturated heterocycles. The number of nitrogen functional groups attached to an aromatic ring is 1. The van der Waals surface area contributed by atoms with E-state index in [2.05, 4.69) is 9.62 Å². The van der Waals surface area contributed by atoms with Crippen molar-refractivity contribution in [2.45, 2.75) is 18.7 Å². The van der Waals surface area contributed by atoms with Crippen molar-refractivity contribution in [2.75, 3.05) is 39.0 Å². The Balaban J connectivity index is 2.71. The maximum absolute atomic E-state index is 12.1. The molecular formula is C13H23N3O3S. The Kier molecular flexibility index (Phi) is 6.25. The van der Waals surface area contributed by atoms with E-state index in [1.165, 1.54) is 19.2 Å². The topological polar surface area (TPSA) is 84.7 Å². The van der Waals surface area contributed by atoms with Crippen LogP contribution in [-0.2, 0) is 10.0 Å². The van der Waals surface area contributed by atoms with Crippen molar-refractivity contribution < 1.29 is 13.2 Å². The van der Waals surface area contributed by atoms with Gasteiger partial charge in [0.15, 0.2) is 0 Å². The first-order valence-electron chi connectivity index (χ1n) is 6.60. The molecule has 6 nitrogen and oxygen atoms in total. The maximum Gasteiger partial charge on any atom is 0.240 e. The van der Waals surface area contributed by atoms with Gasteiger partial charge in [0.1, 0.15) is 5.75 Å². The first-order valence-corrected chi connectivity index (χ1v) is 8.08. The van der Waals surface area contributed by atoms with E-state index < -0.39 is 10.0 Å². The molecule has 0 aliphatic heterocycles. The van der Waals surface area contributed by atoms with E-state index in [-0.39, 0.29) is 4.90 Å². The summed E-state index contributed by atoms with van der Waals surface area (Å²) in [6.45, 7) is 6.93. The van der Waals surface area contributed by atoms with Gasteiger partial charge in [-0.15, -0.1) is 0 Å². The minimum absolute atomic E-state index is 0.148. The SMILES string of the molecule is CCN(CC)CCNS(=O)(=O)c1ccc(OC)c(N)c1. The molecule has 0 spiro atoms. The summed E-state index contributed by atoms with van der Waals surface area (Å²) in [5.41, 5.74) is 6.03. The van der Waals surface area contributed by atoms with Gasteiger partial charge in [-0.05, 0) is 31.3 Å². The lowest BCUT2D eigenvalue weighted by Crippen LogP contribution is -2.34. The van der Waals surface area contributed by atoms with Crippen molar-refractivity contribution in [3.8, 4) is 5.75 Å². The van der Waals surface area contributed by atoms with E-state index in [1.807, 2.05) is 13.8 Å². The zero-order chi connectivity index (χ0) is 15.2. The van der Waals surface area contributed by atoms with Gasteiger partial charge in [0.2, 0.25) is 10.0 Å². The Morgan fingerprint density at radius 2 is 1.95 bits per heavy atom. The minimum atomic E-state index is -3.53. The molecule has 0 heterocycles. The number of sulfonamides is 1. The molecule has 1 aromatic rings. The molecule has 0 saturated carbocycles. The van der Waals surface area contributed by atoms with Crippen LogP contribution in [0.1, 0.15) is 13.8 Å². The number of benzene rings is 1. The van der Waals surface area contributed by atoms with Crippen molar-refractivity contribution in [2.24, 2.45) is 0 Å². The molecule has 0 aromatic heterocycles. The number of ether oxygens (including phenoxy) is 1. The molecule has 3 N–H and O–H groups in total. The van der Waals surface area contributed by atoms with Crippen molar-refractivity contribution in [1.82, 2.24) is 9.62 Å². The zero-order valence-electron chi connectivity index (χ0n) is 12.2. The maximum atomic E-state index is 12.1. The lowest BCUT2D eigenvalue weighted by molar-refractivity contribution is 0.309. The summed E-state index contributed by atoms with van der Waals surface area (Å²) in [6, 6.07) is 4.43. The fraction of sp³-hybridized carbons (Fsp3) is 0.538. The Labute approximate surface area is 121 Å². The standard InChI is InChI=1S/C13H23N3O3S/c1-4-16(5-2)9-8-15-20(17,18)11-6-7-13(19-3)12(14)10-11/h6-7,10,15H,4-5,8-9,14H2,1-3H3. The van der Waals surface area contributed by atoms with Gasteiger partial charge in [0.05, 0.1) is 17.7 Å². The van der Waals surface area contributed by atoms with E-state index in [9.17, 15) is 8.42 Å². The molecule has 0 amide bonds. The van der Waals surface area contributed by atoms with Crippen molar-refractivity contribution in [1.29, 1.82) is 0 Å². The summed E-state index contributed by atoms with van der Waals surface area (Å²) < 4.78 is 31.8. The third-order valence-electron chi connectivity index (χ3n) is 3.13. The highest BCUT2D eigenvalue weighted by atomic mass is 32.2. The van der Waals surface area contributed by atoms with Crippen LogP contribution in [0.3, 0.4) is 0 Å². The number of hydrogen-bond acceptors (Lipinski definition) is 5. The van der Waals surface area contributed by atoms with Crippen LogP contribution in [-0.4, -0.2) is 46.6 Å². The number of nitrogens with two attached hydrogens (primary N) is 1. The smallest absolute Gasteiger partial charge is 0.240 e.